The predicted molar refractivity (Wildman–Crippen MR) is 45.2 cm³/mol. The van der Waals surface area contributed by atoms with Gasteiger partial charge in [-0.15, -0.1) is 0 Å². The lowest BCUT2D eigenvalue weighted by atomic mass is 10.2. The van der Waals surface area contributed by atoms with E-state index in [0.29, 0.717) is 6.42 Å². The van der Waals surface area contributed by atoms with Crippen molar-refractivity contribution in [3.63, 3.8) is 0 Å². The molecule has 3 nitrogen and oxygen atoms in total. The Labute approximate surface area is 73.8 Å². The van der Waals surface area contributed by atoms with Crippen LogP contribution in [0.1, 0.15) is 6.42 Å². The van der Waals surface area contributed by atoms with Crippen molar-refractivity contribution >= 4 is 22.6 Å². The molecule has 60 valence electrons. The van der Waals surface area contributed by atoms with Crippen molar-refractivity contribution in [2.75, 3.05) is 11.5 Å². The van der Waals surface area contributed by atoms with E-state index in [1.54, 1.807) is 7.11 Å². The number of aliphatic hydroxyl groups is 1. The zero-order valence-electron chi connectivity index (χ0n) is 5.79. The Morgan fingerprint density at radius 2 is 2.50 bits per heavy atom. The summed E-state index contributed by atoms with van der Waals surface area (Å²) in [6.45, 7) is 0. The summed E-state index contributed by atoms with van der Waals surface area (Å²) in [5.74, 6) is 0. The number of alkyl halides is 1. The number of methoxy groups -OCH3 is 1. The molecule has 0 aromatic rings. The molecule has 0 radical (unpaired) electrons. The van der Waals surface area contributed by atoms with E-state index in [1.165, 1.54) is 0 Å². The minimum Gasteiger partial charge on any atom is -0.390 e. The zero-order chi connectivity index (χ0) is 7.56. The first-order valence-electron chi connectivity index (χ1n) is 3.20. The molecule has 4 heteroatoms. The van der Waals surface area contributed by atoms with Gasteiger partial charge in [-0.2, -0.15) is 0 Å². The topological polar surface area (TPSA) is 38.7 Å². The van der Waals surface area contributed by atoms with Gasteiger partial charge in [0.05, 0.1) is 12.2 Å². The predicted octanol–water partition coefficient (Wildman–Crippen LogP) is 0.544. The Balaban J connectivity index is 2.36. The summed E-state index contributed by atoms with van der Waals surface area (Å²) in [5.41, 5.74) is 0. The molecule has 1 aliphatic rings. The van der Waals surface area contributed by atoms with Crippen molar-refractivity contribution in [1.29, 1.82) is 0 Å². The zero-order valence-corrected chi connectivity index (χ0v) is 7.95. The fourth-order valence-corrected chi connectivity index (χ4v) is 1.78. The van der Waals surface area contributed by atoms with E-state index < -0.39 is 0 Å². The molecule has 0 spiro atoms. The SMILES string of the molecule is COC1C[C@H](O)C(CI)O1. The van der Waals surface area contributed by atoms with Crippen molar-refractivity contribution < 1.29 is 14.6 Å². The molecule has 0 amide bonds. The summed E-state index contributed by atoms with van der Waals surface area (Å²) in [7, 11) is 1.59. The minimum absolute atomic E-state index is 0.0365. The van der Waals surface area contributed by atoms with Crippen LogP contribution in [0.25, 0.3) is 0 Å². The van der Waals surface area contributed by atoms with Gasteiger partial charge in [0.2, 0.25) is 0 Å². The number of rotatable bonds is 2. The molecule has 1 N–H and O–H groups in total. The number of aliphatic hydroxyl groups excluding tert-OH is 1. The Morgan fingerprint density at radius 3 is 2.80 bits per heavy atom. The molecule has 1 heterocycles. The highest BCUT2D eigenvalue weighted by Crippen LogP contribution is 2.21. The maximum Gasteiger partial charge on any atom is 0.160 e. The standard InChI is InChI=1S/C6H11IO3/c1-9-6-2-4(8)5(3-7)10-6/h4-6,8H,2-3H2,1H3/t4-,5?,6?/m0/s1. The van der Waals surface area contributed by atoms with Crippen LogP contribution < -0.4 is 0 Å². The van der Waals surface area contributed by atoms with Crippen LogP contribution in [-0.2, 0) is 9.47 Å². The van der Waals surface area contributed by atoms with Crippen LogP contribution in [-0.4, -0.2) is 35.1 Å². The molecule has 1 saturated heterocycles. The number of hydrogen-bond acceptors (Lipinski definition) is 3. The largest absolute Gasteiger partial charge is 0.390 e. The highest BCUT2D eigenvalue weighted by Gasteiger charge is 2.32. The summed E-state index contributed by atoms with van der Waals surface area (Å²) in [6, 6.07) is 0. The molecule has 1 rings (SSSR count). The summed E-state index contributed by atoms with van der Waals surface area (Å²) in [5, 5.41) is 9.28. The summed E-state index contributed by atoms with van der Waals surface area (Å²) >= 11 is 2.19. The van der Waals surface area contributed by atoms with E-state index >= 15 is 0 Å². The van der Waals surface area contributed by atoms with E-state index in [9.17, 15) is 5.11 Å². The van der Waals surface area contributed by atoms with Crippen molar-refractivity contribution in [3.8, 4) is 0 Å². The molecule has 10 heavy (non-hydrogen) atoms. The third kappa shape index (κ3) is 1.81. The molecule has 0 aromatic carbocycles. The molecule has 0 aliphatic carbocycles. The van der Waals surface area contributed by atoms with Crippen LogP contribution in [0.4, 0.5) is 0 Å². The molecule has 1 fully saturated rings. The highest BCUT2D eigenvalue weighted by molar-refractivity contribution is 14.1. The summed E-state index contributed by atoms with van der Waals surface area (Å²) < 4.78 is 11.0. The van der Waals surface area contributed by atoms with Crippen LogP contribution in [0.5, 0.6) is 0 Å². The van der Waals surface area contributed by atoms with Crippen molar-refractivity contribution in [2.24, 2.45) is 0 Å². The number of halogens is 1. The summed E-state index contributed by atoms with van der Waals surface area (Å²) in [4.78, 5) is 0. The van der Waals surface area contributed by atoms with Gasteiger partial charge in [0.15, 0.2) is 6.29 Å². The van der Waals surface area contributed by atoms with Gasteiger partial charge in [-0.25, -0.2) is 0 Å². The number of hydrogen-bond donors (Lipinski definition) is 1. The van der Waals surface area contributed by atoms with Crippen LogP contribution in [0.2, 0.25) is 0 Å². The van der Waals surface area contributed by atoms with Gasteiger partial charge in [0.1, 0.15) is 0 Å². The smallest absolute Gasteiger partial charge is 0.160 e. The van der Waals surface area contributed by atoms with E-state index in [1.807, 2.05) is 0 Å². The molecule has 0 bridgehead atoms. The van der Waals surface area contributed by atoms with Crippen molar-refractivity contribution in [3.05, 3.63) is 0 Å². The average molecular weight is 258 g/mol. The Hall–Kier alpha value is 0.610. The van der Waals surface area contributed by atoms with Crippen molar-refractivity contribution in [1.82, 2.24) is 0 Å². The van der Waals surface area contributed by atoms with Crippen molar-refractivity contribution in [2.45, 2.75) is 24.9 Å². The molecule has 0 aromatic heterocycles. The maximum atomic E-state index is 9.28. The second-order valence-corrected chi connectivity index (χ2v) is 3.18. The molecule has 3 atom stereocenters. The highest BCUT2D eigenvalue weighted by atomic mass is 127. The Kier molecular flexibility index (Phi) is 3.35. The Bertz CT molecular complexity index is 109. The molecular weight excluding hydrogens is 247 g/mol. The first-order valence-corrected chi connectivity index (χ1v) is 4.72. The van der Waals surface area contributed by atoms with Gasteiger partial charge in [0.25, 0.3) is 0 Å². The van der Waals surface area contributed by atoms with Crippen LogP contribution in [0.15, 0.2) is 0 Å². The van der Waals surface area contributed by atoms with E-state index in [2.05, 4.69) is 22.6 Å². The molecule has 1 aliphatic heterocycles. The lowest BCUT2D eigenvalue weighted by Gasteiger charge is -2.09. The van der Waals surface area contributed by atoms with E-state index in [0.717, 1.165) is 4.43 Å². The second kappa shape index (κ2) is 3.85. The second-order valence-electron chi connectivity index (χ2n) is 2.30. The molecule has 2 unspecified atom stereocenters. The quantitative estimate of drug-likeness (QED) is 0.580. The van der Waals surface area contributed by atoms with Gasteiger partial charge in [-0.05, 0) is 0 Å². The fourth-order valence-electron chi connectivity index (χ4n) is 0.981. The van der Waals surface area contributed by atoms with Gasteiger partial charge in [0, 0.05) is 18.0 Å². The molecule has 0 saturated carbocycles. The Morgan fingerprint density at radius 1 is 1.80 bits per heavy atom. The van der Waals surface area contributed by atoms with Gasteiger partial charge in [-0.1, -0.05) is 22.6 Å². The third-order valence-electron chi connectivity index (χ3n) is 1.60. The first-order chi connectivity index (χ1) is 4.77. The third-order valence-corrected chi connectivity index (χ3v) is 2.47. The summed E-state index contributed by atoms with van der Waals surface area (Å²) in [6.07, 6.45) is 0.0200. The minimum atomic E-state index is -0.346. The average Bonchev–Trinajstić information content (AvgIpc) is 2.30. The monoisotopic (exact) mass is 258 g/mol. The fraction of sp³-hybridized carbons (Fsp3) is 1.00. The van der Waals surface area contributed by atoms with Gasteiger partial charge in [-0.3, -0.25) is 0 Å². The maximum absolute atomic E-state index is 9.28. The van der Waals surface area contributed by atoms with Gasteiger partial charge < -0.3 is 14.6 Å². The lowest BCUT2D eigenvalue weighted by molar-refractivity contribution is -0.110. The number of ether oxygens (including phenoxy) is 2. The van der Waals surface area contributed by atoms with Gasteiger partial charge >= 0.3 is 0 Å². The van der Waals surface area contributed by atoms with E-state index in [-0.39, 0.29) is 18.5 Å². The normalized spacial score (nSPS) is 40.5. The van der Waals surface area contributed by atoms with Crippen LogP contribution in [0, 0.1) is 0 Å². The molecular formula is C6H11IO3. The lowest BCUT2D eigenvalue weighted by Crippen LogP contribution is -2.21. The van der Waals surface area contributed by atoms with E-state index in [4.69, 9.17) is 9.47 Å². The van der Waals surface area contributed by atoms with Crippen LogP contribution >= 0.6 is 22.6 Å². The van der Waals surface area contributed by atoms with Crippen LogP contribution in [0.3, 0.4) is 0 Å². The first kappa shape index (κ1) is 8.70.